The molecule has 0 bridgehead atoms. The van der Waals surface area contributed by atoms with Crippen LogP contribution in [0.4, 0.5) is 17.1 Å². The second-order valence-electron chi connectivity index (χ2n) is 18.3. The first kappa shape index (κ1) is 40.2. The second-order valence-corrected chi connectivity index (χ2v) is 18.3. The molecule has 0 saturated carbocycles. The summed E-state index contributed by atoms with van der Waals surface area (Å²) in [6, 6.07) is 93.6. The molecule has 4 nitrogen and oxygen atoms in total. The van der Waals surface area contributed by atoms with Crippen LogP contribution in [-0.2, 0) is 5.41 Å². The molecule has 10 aromatic rings. The molecule has 0 aromatic heterocycles. The summed E-state index contributed by atoms with van der Waals surface area (Å²) >= 11 is 0. The summed E-state index contributed by atoms with van der Waals surface area (Å²) in [7, 11) is 0. The van der Waals surface area contributed by atoms with Crippen molar-refractivity contribution in [2.24, 2.45) is 0 Å². The lowest BCUT2D eigenvalue weighted by Gasteiger charge is -2.45. The van der Waals surface area contributed by atoms with Crippen LogP contribution < -0.4 is 20.9 Å². The number of hydrogen-bond donors (Lipinski definition) is 3. The molecule has 68 heavy (non-hydrogen) atoms. The third-order valence-corrected chi connectivity index (χ3v) is 14.5. The number of rotatable bonds is 7. The van der Waals surface area contributed by atoms with Crippen LogP contribution in [0.5, 0.6) is 0 Å². The van der Waals surface area contributed by atoms with Crippen LogP contribution in [0, 0.1) is 0 Å². The SMILES string of the molecule is c1ccc(-c2ccc(C3NC(c4ccc(-c5cccc(-c6ccc7c(c6)C6(c8ccccc8-7)c7ccccc7N(c7ccccc7)c7ccccc76)c5)cc4)NC(c4ccccc4)[NH2+]3)cc2)cc1. The van der Waals surface area contributed by atoms with Crippen LogP contribution in [0.15, 0.2) is 255 Å². The molecule has 0 radical (unpaired) electrons. The Kier molecular flexibility index (Phi) is 9.83. The van der Waals surface area contributed by atoms with E-state index in [2.05, 4.69) is 276 Å². The Morgan fingerprint density at radius 2 is 0.765 bits per heavy atom. The van der Waals surface area contributed by atoms with E-state index in [-0.39, 0.29) is 18.5 Å². The molecule has 324 valence electrons. The van der Waals surface area contributed by atoms with Gasteiger partial charge in [-0.2, -0.15) is 0 Å². The molecule has 3 unspecified atom stereocenters. The van der Waals surface area contributed by atoms with Crippen LogP contribution in [0.2, 0.25) is 0 Å². The molecule has 0 amide bonds. The highest BCUT2D eigenvalue weighted by Gasteiger charge is 2.51. The maximum absolute atomic E-state index is 3.94. The minimum Gasteiger partial charge on any atom is -0.310 e. The number of para-hydroxylation sites is 3. The van der Waals surface area contributed by atoms with Gasteiger partial charge in [-0.3, -0.25) is 0 Å². The van der Waals surface area contributed by atoms with Gasteiger partial charge in [-0.05, 0) is 109 Å². The molecule has 2 heterocycles. The summed E-state index contributed by atoms with van der Waals surface area (Å²) < 4.78 is 0. The molecule has 4 N–H and O–H groups in total. The van der Waals surface area contributed by atoms with Gasteiger partial charge in [-0.25, -0.2) is 10.6 Å². The summed E-state index contributed by atoms with van der Waals surface area (Å²) in [5, 5.41) is 10.3. The quantitative estimate of drug-likeness (QED) is 0.149. The Labute approximate surface area is 398 Å². The van der Waals surface area contributed by atoms with Crippen molar-refractivity contribution < 1.29 is 5.32 Å². The van der Waals surface area contributed by atoms with Crippen LogP contribution in [-0.4, -0.2) is 0 Å². The zero-order chi connectivity index (χ0) is 45.0. The lowest BCUT2D eigenvalue weighted by Crippen LogP contribution is -2.94. The van der Waals surface area contributed by atoms with Gasteiger partial charge in [-0.15, -0.1) is 0 Å². The molecule has 1 fully saturated rings. The van der Waals surface area contributed by atoms with Gasteiger partial charge in [0.1, 0.15) is 0 Å². The lowest BCUT2D eigenvalue weighted by molar-refractivity contribution is -0.755. The maximum atomic E-state index is 3.94. The molecular weight excluding hydrogens is 825 g/mol. The van der Waals surface area contributed by atoms with Crippen molar-refractivity contribution in [3.63, 3.8) is 0 Å². The van der Waals surface area contributed by atoms with E-state index in [9.17, 15) is 0 Å². The van der Waals surface area contributed by atoms with Crippen molar-refractivity contribution in [1.82, 2.24) is 10.6 Å². The van der Waals surface area contributed by atoms with Crippen molar-refractivity contribution in [2.45, 2.75) is 23.9 Å². The Hall–Kier alpha value is -8.12. The van der Waals surface area contributed by atoms with Gasteiger partial charge < -0.3 is 10.2 Å². The third kappa shape index (κ3) is 6.64. The molecule has 3 aliphatic rings. The number of fused-ring (bicyclic) bond motifs is 9. The van der Waals surface area contributed by atoms with E-state index in [1.165, 1.54) is 94.8 Å². The zero-order valence-corrected chi connectivity index (χ0v) is 37.5. The topological polar surface area (TPSA) is 43.9 Å². The van der Waals surface area contributed by atoms with Crippen LogP contribution in [0.3, 0.4) is 0 Å². The molecule has 4 heteroatoms. The van der Waals surface area contributed by atoms with E-state index < -0.39 is 5.41 Å². The van der Waals surface area contributed by atoms with Crippen molar-refractivity contribution in [3.05, 3.63) is 294 Å². The standard InChI is InChI=1S/C64H48N4/c1-4-17-43(18-5-1)44-31-35-47(36-32-44)62-65-61(46-19-6-2-7-20-46)66-63(67-62)48-37-33-45(34-38-48)49-21-16-22-50(41-49)51-39-40-54-53-25-10-11-26-55(53)64(58(54)42-51)56-27-12-14-29-59(56)68(52-23-8-3-9-24-52)60-30-15-13-28-57(60)64/h1-42,61-63,65-67H/p+1. The summed E-state index contributed by atoms with van der Waals surface area (Å²) in [5.74, 6) is 0. The van der Waals surface area contributed by atoms with Crippen molar-refractivity contribution in [1.29, 1.82) is 0 Å². The van der Waals surface area contributed by atoms with Gasteiger partial charge in [-0.1, -0.05) is 218 Å². The minimum atomic E-state index is -0.503. The predicted molar refractivity (Wildman–Crippen MR) is 278 cm³/mol. The van der Waals surface area contributed by atoms with E-state index in [1.807, 2.05) is 0 Å². The normalized spacial score (nSPS) is 17.5. The maximum Gasteiger partial charge on any atom is 0.169 e. The molecule has 13 rings (SSSR count). The molecule has 1 aliphatic carbocycles. The van der Waals surface area contributed by atoms with E-state index in [0.717, 1.165) is 5.69 Å². The number of anilines is 3. The number of quaternary nitrogens is 1. The van der Waals surface area contributed by atoms with Gasteiger partial charge in [0, 0.05) is 16.8 Å². The number of benzene rings is 10. The fourth-order valence-electron chi connectivity index (χ4n) is 11.4. The summed E-state index contributed by atoms with van der Waals surface area (Å²) in [6.07, 6.45) is 0.0857. The summed E-state index contributed by atoms with van der Waals surface area (Å²) in [5.41, 5.74) is 21.8. The van der Waals surface area contributed by atoms with E-state index in [1.54, 1.807) is 0 Å². The van der Waals surface area contributed by atoms with Crippen molar-refractivity contribution >= 4 is 17.1 Å². The van der Waals surface area contributed by atoms with Crippen LogP contribution >= 0.6 is 0 Å². The Balaban J connectivity index is 0.846. The Bertz CT molecular complexity index is 3390. The highest BCUT2D eigenvalue weighted by molar-refractivity contribution is 5.96. The molecule has 1 spiro atoms. The van der Waals surface area contributed by atoms with Crippen molar-refractivity contribution in [3.8, 4) is 44.5 Å². The monoisotopic (exact) mass is 873 g/mol. The number of nitrogens with two attached hydrogens (primary N) is 1. The first-order chi connectivity index (χ1) is 33.7. The summed E-state index contributed by atoms with van der Waals surface area (Å²) in [6.45, 7) is 0. The lowest BCUT2D eigenvalue weighted by atomic mass is 9.64. The van der Waals surface area contributed by atoms with E-state index >= 15 is 0 Å². The molecular formula is C64H49N4+. The van der Waals surface area contributed by atoms with Crippen LogP contribution in [0.25, 0.3) is 44.5 Å². The average molecular weight is 874 g/mol. The second kappa shape index (κ2) is 16.6. The fraction of sp³-hybridized carbons (Fsp3) is 0.0625. The average Bonchev–Trinajstić information content (AvgIpc) is 3.71. The number of nitrogens with zero attached hydrogens (tertiary/aromatic N) is 1. The smallest absolute Gasteiger partial charge is 0.169 e. The van der Waals surface area contributed by atoms with E-state index in [4.69, 9.17) is 0 Å². The highest BCUT2D eigenvalue weighted by Crippen LogP contribution is 2.63. The minimum absolute atomic E-state index is 0.0536. The molecule has 1 saturated heterocycles. The van der Waals surface area contributed by atoms with Gasteiger partial charge in [0.05, 0.1) is 23.0 Å². The predicted octanol–water partition coefficient (Wildman–Crippen LogP) is 14.0. The Morgan fingerprint density at radius 3 is 1.43 bits per heavy atom. The Morgan fingerprint density at radius 1 is 0.324 bits per heavy atom. The third-order valence-electron chi connectivity index (χ3n) is 14.5. The largest absolute Gasteiger partial charge is 0.310 e. The first-order valence-electron chi connectivity index (χ1n) is 23.8. The van der Waals surface area contributed by atoms with Gasteiger partial charge >= 0.3 is 0 Å². The number of hydrogen-bond acceptors (Lipinski definition) is 3. The molecule has 3 atom stereocenters. The van der Waals surface area contributed by atoms with Gasteiger partial charge in [0.25, 0.3) is 0 Å². The van der Waals surface area contributed by atoms with Crippen molar-refractivity contribution in [2.75, 3.05) is 4.90 Å². The fourth-order valence-corrected chi connectivity index (χ4v) is 11.4. The van der Waals surface area contributed by atoms with E-state index in [0.29, 0.717) is 0 Å². The van der Waals surface area contributed by atoms with Crippen LogP contribution in [0.1, 0.15) is 57.4 Å². The molecule has 2 aliphatic heterocycles. The summed E-state index contributed by atoms with van der Waals surface area (Å²) in [4.78, 5) is 2.44. The highest BCUT2D eigenvalue weighted by atomic mass is 15.4. The number of nitrogens with one attached hydrogen (secondary N) is 2. The molecule has 10 aromatic carbocycles. The van der Waals surface area contributed by atoms with Gasteiger partial charge in [0.15, 0.2) is 12.3 Å². The van der Waals surface area contributed by atoms with Gasteiger partial charge in [0.2, 0.25) is 0 Å². The first-order valence-corrected chi connectivity index (χ1v) is 23.8. The zero-order valence-electron chi connectivity index (χ0n) is 37.5.